The molecule has 0 aromatic heterocycles. The lowest BCUT2D eigenvalue weighted by Gasteiger charge is -2.15. The molecule has 1 fully saturated rings. The molecule has 0 radical (unpaired) electrons. The summed E-state index contributed by atoms with van der Waals surface area (Å²) >= 11 is 0. The Labute approximate surface area is 96.3 Å². The quantitative estimate of drug-likeness (QED) is 0.783. The summed E-state index contributed by atoms with van der Waals surface area (Å²) in [5.41, 5.74) is 1.22. The van der Waals surface area contributed by atoms with E-state index in [1.54, 1.807) is 0 Å². The average molecular weight is 222 g/mol. The van der Waals surface area contributed by atoms with Crippen LogP contribution in [0.3, 0.4) is 0 Å². The Morgan fingerprint density at radius 1 is 1.25 bits per heavy atom. The molecule has 0 aliphatic carbocycles. The zero-order valence-corrected chi connectivity index (χ0v) is 9.81. The van der Waals surface area contributed by atoms with Crippen molar-refractivity contribution in [3.8, 4) is 5.75 Å². The highest BCUT2D eigenvalue weighted by Crippen LogP contribution is 2.26. The first-order chi connectivity index (χ1) is 7.77. The fourth-order valence-electron chi connectivity index (χ4n) is 1.75. The van der Waals surface area contributed by atoms with E-state index < -0.39 is 0 Å². The summed E-state index contributed by atoms with van der Waals surface area (Å²) in [4.78, 5) is 0. The van der Waals surface area contributed by atoms with Crippen LogP contribution in [-0.4, -0.2) is 26.1 Å². The molecule has 0 spiro atoms. The molecule has 0 N–H and O–H groups in total. The van der Waals surface area contributed by atoms with Gasteiger partial charge in [-0.1, -0.05) is 32.0 Å². The second-order valence-electron chi connectivity index (χ2n) is 4.17. The van der Waals surface area contributed by atoms with Crippen LogP contribution < -0.4 is 4.74 Å². The summed E-state index contributed by atoms with van der Waals surface area (Å²) in [6, 6.07) is 8.10. The standard InChI is InChI=1S/C13H18O3/c1-10(2)11-5-3-4-6-12(11)16-9-13-14-7-8-15-13/h3-6,10,13H,7-9H2,1-2H3. The van der Waals surface area contributed by atoms with Crippen LogP contribution in [-0.2, 0) is 9.47 Å². The predicted octanol–water partition coefficient (Wildman–Crippen LogP) is 2.56. The zero-order chi connectivity index (χ0) is 11.4. The number of ether oxygens (including phenoxy) is 3. The van der Waals surface area contributed by atoms with Gasteiger partial charge in [0.25, 0.3) is 0 Å². The smallest absolute Gasteiger partial charge is 0.191 e. The van der Waals surface area contributed by atoms with Crippen LogP contribution in [0.4, 0.5) is 0 Å². The van der Waals surface area contributed by atoms with E-state index in [2.05, 4.69) is 19.9 Å². The Hall–Kier alpha value is -1.06. The summed E-state index contributed by atoms with van der Waals surface area (Å²) < 4.78 is 16.4. The lowest BCUT2D eigenvalue weighted by atomic mass is 10.0. The number of hydrogen-bond donors (Lipinski definition) is 0. The van der Waals surface area contributed by atoms with Crippen molar-refractivity contribution >= 4 is 0 Å². The Bertz CT molecular complexity index is 330. The van der Waals surface area contributed by atoms with Gasteiger partial charge in [0, 0.05) is 0 Å². The lowest BCUT2D eigenvalue weighted by Crippen LogP contribution is -2.18. The number of benzene rings is 1. The third-order valence-electron chi connectivity index (χ3n) is 2.61. The highest BCUT2D eigenvalue weighted by atomic mass is 16.7. The number of hydrogen-bond acceptors (Lipinski definition) is 3. The molecular weight excluding hydrogens is 204 g/mol. The maximum absolute atomic E-state index is 5.73. The Morgan fingerprint density at radius 3 is 2.62 bits per heavy atom. The van der Waals surface area contributed by atoms with Crippen LogP contribution in [0.5, 0.6) is 5.75 Å². The molecule has 88 valence electrons. The SMILES string of the molecule is CC(C)c1ccccc1OCC1OCCO1. The van der Waals surface area contributed by atoms with Crippen LogP contribution in [0.2, 0.25) is 0 Å². The fourth-order valence-corrected chi connectivity index (χ4v) is 1.75. The van der Waals surface area contributed by atoms with Gasteiger partial charge >= 0.3 is 0 Å². The van der Waals surface area contributed by atoms with E-state index in [-0.39, 0.29) is 6.29 Å². The predicted molar refractivity (Wildman–Crippen MR) is 61.7 cm³/mol. The van der Waals surface area contributed by atoms with E-state index in [4.69, 9.17) is 14.2 Å². The highest BCUT2D eigenvalue weighted by Gasteiger charge is 2.17. The summed E-state index contributed by atoms with van der Waals surface area (Å²) in [6.07, 6.45) is -0.208. The van der Waals surface area contributed by atoms with Crippen LogP contribution in [0, 0.1) is 0 Å². The zero-order valence-electron chi connectivity index (χ0n) is 9.81. The second kappa shape index (κ2) is 5.32. The van der Waals surface area contributed by atoms with Gasteiger partial charge in [-0.25, -0.2) is 0 Å². The minimum absolute atomic E-state index is 0.208. The van der Waals surface area contributed by atoms with E-state index >= 15 is 0 Å². The van der Waals surface area contributed by atoms with Crippen molar-refractivity contribution in [2.24, 2.45) is 0 Å². The van der Waals surface area contributed by atoms with Gasteiger partial charge in [-0.3, -0.25) is 0 Å². The monoisotopic (exact) mass is 222 g/mol. The van der Waals surface area contributed by atoms with Crippen LogP contribution >= 0.6 is 0 Å². The van der Waals surface area contributed by atoms with Gasteiger partial charge in [0.05, 0.1) is 13.2 Å². The first-order valence-corrected chi connectivity index (χ1v) is 5.72. The summed E-state index contributed by atoms with van der Waals surface area (Å²) in [6.45, 7) is 6.11. The fraction of sp³-hybridized carbons (Fsp3) is 0.538. The van der Waals surface area contributed by atoms with E-state index in [9.17, 15) is 0 Å². The largest absolute Gasteiger partial charge is 0.488 e. The molecule has 3 heteroatoms. The van der Waals surface area contributed by atoms with Crippen LogP contribution in [0.15, 0.2) is 24.3 Å². The maximum Gasteiger partial charge on any atom is 0.191 e. The molecule has 0 amide bonds. The summed E-state index contributed by atoms with van der Waals surface area (Å²) in [5, 5.41) is 0. The van der Waals surface area contributed by atoms with Crippen molar-refractivity contribution in [1.82, 2.24) is 0 Å². The van der Waals surface area contributed by atoms with E-state index in [0.717, 1.165) is 5.75 Å². The first-order valence-electron chi connectivity index (χ1n) is 5.72. The second-order valence-corrected chi connectivity index (χ2v) is 4.17. The summed E-state index contributed by atoms with van der Waals surface area (Å²) in [7, 11) is 0. The normalized spacial score (nSPS) is 16.9. The summed E-state index contributed by atoms with van der Waals surface area (Å²) in [5.74, 6) is 1.39. The van der Waals surface area contributed by atoms with Gasteiger partial charge in [0.15, 0.2) is 6.29 Å². The van der Waals surface area contributed by atoms with Crippen LogP contribution in [0.1, 0.15) is 25.3 Å². The Balaban J connectivity index is 1.97. The van der Waals surface area contributed by atoms with Crippen LogP contribution in [0.25, 0.3) is 0 Å². The molecule has 1 heterocycles. The van der Waals surface area contributed by atoms with Crippen molar-refractivity contribution in [3.05, 3.63) is 29.8 Å². The molecule has 0 atom stereocenters. The maximum atomic E-state index is 5.73. The molecule has 1 aliphatic heterocycles. The Kier molecular flexibility index (Phi) is 3.80. The van der Waals surface area contributed by atoms with Crippen molar-refractivity contribution < 1.29 is 14.2 Å². The average Bonchev–Trinajstić information content (AvgIpc) is 2.79. The molecule has 2 rings (SSSR count). The van der Waals surface area contributed by atoms with E-state index in [0.29, 0.717) is 25.7 Å². The Morgan fingerprint density at radius 2 is 1.94 bits per heavy atom. The highest BCUT2D eigenvalue weighted by molar-refractivity contribution is 5.35. The molecular formula is C13H18O3. The molecule has 16 heavy (non-hydrogen) atoms. The molecule has 0 bridgehead atoms. The van der Waals surface area contributed by atoms with Crippen molar-refractivity contribution in [2.75, 3.05) is 19.8 Å². The van der Waals surface area contributed by atoms with Gasteiger partial charge in [-0.2, -0.15) is 0 Å². The van der Waals surface area contributed by atoms with Crippen molar-refractivity contribution in [3.63, 3.8) is 0 Å². The van der Waals surface area contributed by atoms with Gasteiger partial charge < -0.3 is 14.2 Å². The van der Waals surface area contributed by atoms with E-state index in [1.807, 2.05) is 18.2 Å². The van der Waals surface area contributed by atoms with Gasteiger partial charge in [0.2, 0.25) is 0 Å². The minimum atomic E-state index is -0.208. The molecule has 1 aliphatic rings. The topological polar surface area (TPSA) is 27.7 Å². The van der Waals surface area contributed by atoms with Gasteiger partial charge in [0.1, 0.15) is 12.4 Å². The molecule has 1 aromatic carbocycles. The first kappa shape index (κ1) is 11.4. The molecule has 0 unspecified atom stereocenters. The molecule has 3 nitrogen and oxygen atoms in total. The minimum Gasteiger partial charge on any atom is -0.488 e. The number of rotatable bonds is 4. The van der Waals surface area contributed by atoms with Crippen molar-refractivity contribution in [1.29, 1.82) is 0 Å². The van der Waals surface area contributed by atoms with Crippen molar-refractivity contribution in [2.45, 2.75) is 26.1 Å². The molecule has 1 saturated heterocycles. The lowest BCUT2D eigenvalue weighted by molar-refractivity contribution is -0.0685. The molecule has 1 aromatic rings. The third kappa shape index (κ3) is 2.74. The van der Waals surface area contributed by atoms with Gasteiger partial charge in [-0.15, -0.1) is 0 Å². The van der Waals surface area contributed by atoms with E-state index in [1.165, 1.54) is 5.56 Å². The molecule has 0 saturated carbocycles. The van der Waals surface area contributed by atoms with Gasteiger partial charge in [-0.05, 0) is 17.5 Å². The number of para-hydroxylation sites is 1. The third-order valence-corrected chi connectivity index (χ3v) is 2.61.